The van der Waals surface area contributed by atoms with E-state index in [1.165, 1.54) is 12.1 Å². The van der Waals surface area contributed by atoms with E-state index < -0.39 is 24.2 Å². The zero-order chi connectivity index (χ0) is 53.4. The summed E-state index contributed by atoms with van der Waals surface area (Å²) >= 11 is 0. The van der Waals surface area contributed by atoms with Gasteiger partial charge in [-0.2, -0.15) is 0 Å². The maximum absolute atomic E-state index is 13.2. The van der Waals surface area contributed by atoms with E-state index in [1.807, 2.05) is 0 Å². The number of hydrogen-bond acceptors (Lipinski definition) is 10. The number of nitrogens with one attached hydrogen (secondary N) is 8. The van der Waals surface area contributed by atoms with Gasteiger partial charge in [-0.05, 0) is 136 Å². The molecule has 9 atom stereocenters. The fourth-order valence-corrected chi connectivity index (χ4v) is 12.6. The second-order valence-electron chi connectivity index (χ2n) is 24.2. The molecule has 72 heavy (non-hydrogen) atoms. The summed E-state index contributed by atoms with van der Waals surface area (Å²) in [5.41, 5.74) is -0.349. The largest absolute Gasteiger partial charge is 0.450 e. The van der Waals surface area contributed by atoms with Gasteiger partial charge in [-0.1, -0.05) is 95.4 Å². The number of nitrogens with zero attached hydrogens (tertiary/aromatic N) is 2. The topological polar surface area (TPSA) is 250 Å². The Hall–Kier alpha value is -5.16. The smallest absolute Gasteiger partial charge is 0.407 e. The Morgan fingerprint density at radius 2 is 1.06 bits per heavy atom. The van der Waals surface area contributed by atoms with Crippen molar-refractivity contribution in [2.75, 3.05) is 36.9 Å². The number of rotatable bonds is 24. The van der Waals surface area contributed by atoms with Crippen molar-refractivity contribution in [3.63, 3.8) is 0 Å². The van der Waals surface area contributed by atoms with Crippen molar-refractivity contribution < 1.29 is 28.7 Å². The highest BCUT2D eigenvalue weighted by atomic mass is 16.6. The van der Waals surface area contributed by atoms with Gasteiger partial charge >= 0.3 is 24.2 Å². The van der Waals surface area contributed by atoms with Gasteiger partial charge in [-0.3, -0.25) is 30.2 Å². The number of carbonyl (C=O) groups excluding carboxylic acids is 4. The fraction of sp³-hybridized carbons (Fsp3) is 0.778. The predicted molar refractivity (Wildman–Crippen MR) is 284 cm³/mol. The number of ether oxygens (including phenoxy) is 2. The molecule has 18 nitrogen and oxygen atoms in total. The molecule has 9 unspecified atom stereocenters. The molecule has 0 bridgehead atoms. The first kappa shape index (κ1) is 59.4. The highest BCUT2D eigenvalue weighted by Gasteiger charge is 2.43. The Morgan fingerprint density at radius 1 is 0.639 bits per heavy atom. The van der Waals surface area contributed by atoms with Crippen LogP contribution < -0.4 is 43.0 Å². The summed E-state index contributed by atoms with van der Waals surface area (Å²) in [4.78, 5) is 88.8. The van der Waals surface area contributed by atoms with Gasteiger partial charge < -0.3 is 30.7 Å². The van der Waals surface area contributed by atoms with Crippen molar-refractivity contribution in [3.8, 4) is 0 Å². The van der Waals surface area contributed by atoms with E-state index in [0.29, 0.717) is 80.1 Å². The van der Waals surface area contributed by atoms with Crippen LogP contribution in [0.3, 0.4) is 0 Å². The van der Waals surface area contributed by atoms with Crippen LogP contribution in [0.4, 0.5) is 31.1 Å². The number of aryl methyl sites for hydroxylation is 2. The minimum atomic E-state index is -0.454. The Labute approximate surface area is 429 Å². The van der Waals surface area contributed by atoms with Crippen LogP contribution >= 0.6 is 0 Å². The lowest BCUT2D eigenvalue weighted by molar-refractivity contribution is 0.0649. The van der Waals surface area contributed by atoms with Gasteiger partial charge in [0.2, 0.25) is 11.9 Å². The molecule has 0 saturated heterocycles. The normalized spacial score (nSPS) is 23.5. The molecule has 2 heterocycles. The molecule has 6 amide bonds. The van der Waals surface area contributed by atoms with Gasteiger partial charge in [0, 0.05) is 48.7 Å². The van der Waals surface area contributed by atoms with Gasteiger partial charge in [0.1, 0.15) is 0 Å². The molecular weight excluding hydrogens is 917 g/mol. The van der Waals surface area contributed by atoms with E-state index in [9.17, 15) is 28.8 Å². The number of carbonyl (C=O) groups is 4. The number of anilines is 2. The van der Waals surface area contributed by atoms with Crippen LogP contribution in [0, 0.1) is 65.1 Å². The fourth-order valence-electron chi connectivity index (χ4n) is 12.6. The van der Waals surface area contributed by atoms with Crippen molar-refractivity contribution in [2.24, 2.45) is 51.2 Å². The van der Waals surface area contributed by atoms with Crippen LogP contribution in [0.5, 0.6) is 0 Å². The summed E-state index contributed by atoms with van der Waals surface area (Å²) < 4.78 is 11.6. The average Bonchev–Trinajstić information content (AvgIpc) is 3.24. The van der Waals surface area contributed by atoms with E-state index in [-0.39, 0.29) is 56.8 Å². The van der Waals surface area contributed by atoms with Gasteiger partial charge in [-0.25, -0.2) is 29.1 Å². The zero-order valence-electron chi connectivity index (χ0n) is 46.1. The summed E-state index contributed by atoms with van der Waals surface area (Å²) in [5.74, 6) is 2.71. The van der Waals surface area contributed by atoms with E-state index in [4.69, 9.17) is 9.47 Å². The number of amides is 6. The molecule has 0 aromatic carbocycles. The molecule has 2 aliphatic carbocycles. The van der Waals surface area contributed by atoms with Crippen molar-refractivity contribution in [1.29, 1.82) is 0 Å². The zero-order valence-corrected chi connectivity index (χ0v) is 46.1. The number of hydrogen-bond donors (Lipinski definition) is 8. The van der Waals surface area contributed by atoms with Crippen LogP contribution in [0.25, 0.3) is 0 Å². The lowest BCUT2D eigenvalue weighted by Gasteiger charge is -2.46. The third-order valence-corrected chi connectivity index (χ3v) is 15.2. The van der Waals surface area contributed by atoms with Crippen molar-refractivity contribution in [1.82, 2.24) is 41.2 Å². The van der Waals surface area contributed by atoms with Gasteiger partial charge in [-0.15, -0.1) is 0 Å². The lowest BCUT2D eigenvalue weighted by atomic mass is 9.62. The van der Waals surface area contributed by atoms with E-state index in [0.717, 1.165) is 77.0 Å². The maximum atomic E-state index is 13.2. The molecule has 2 saturated carbocycles. The standard InChI is InChI=1S/C54H92N10O8/c1-14-38(17-19-71-49(69)59-41-26-51(8,9)30-53(12,28-41)32-55-47(67)63-45-57-36(6)24-43(65)61-45)21-34(4)22-40(16-3)35(5)23-39(15-2)18-20-72-50(70)60-42-27-52(10,11)31-54(13,29-42)33-56-48(68)64-46-58-37(7)25-44(66)62-46/h24-25,34-35,38-42H,14-23,26-33H2,1-13H3,(H,59,69)(H,60,70)(H3,55,57,61,63,65,67)(H3,56,58,62,64,66,68). The van der Waals surface area contributed by atoms with Crippen LogP contribution in [0.2, 0.25) is 0 Å². The number of aromatic amines is 2. The highest BCUT2D eigenvalue weighted by molar-refractivity contribution is 5.87. The van der Waals surface area contributed by atoms with Crippen LogP contribution in [0.15, 0.2) is 21.7 Å². The number of alkyl carbamates (subject to hydrolysis) is 2. The van der Waals surface area contributed by atoms with Gasteiger partial charge in [0.05, 0.1) is 13.2 Å². The number of H-pyrrole nitrogens is 2. The SMILES string of the molecule is CCC(CCOC(=O)NC1CC(C)(C)CC(C)(CNC(=O)Nc2nc(C)cc(=O)[nH]2)C1)CC(C)CC(CC)C(C)CC(CC)CCOC(=O)NC1CC(C)(C)CC(C)(CNC(=O)Nc2nc(C)cc(=O)[nH]2)C1. The first-order valence-corrected chi connectivity index (χ1v) is 26.8. The molecule has 0 spiro atoms. The Balaban J connectivity index is 1.15. The average molecular weight is 1010 g/mol. The Morgan fingerprint density at radius 3 is 1.44 bits per heavy atom. The summed E-state index contributed by atoms with van der Waals surface area (Å²) in [6.07, 6.45) is 12.0. The molecule has 8 N–H and O–H groups in total. The number of aromatic nitrogens is 4. The predicted octanol–water partition coefficient (Wildman–Crippen LogP) is 10.3. The third kappa shape index (κ3) is 20.8. The molecule has 4 rings (SSSR count). The first-order chi connectivity index (χ1) is 33.7. The highest BCUT2D eigenvalue weighted by Crippen LogP contribution is 2.47. The Bertz CT molecular complexity index is 2210. The molecule has 2 aromatic heterocycles. The Kier molecular flexibility index (Phi) is 22.0. The maximum Gasteiger partial charge on any atom is 0.407 e. The second kappa shape index (κ2) is 26.7. The first-order valence-electron chi connectivity index (χ1n) is 26.8. The van der Waals surface area contributed by atoms with Crippen LogP contribution in [0.1, 0.15) is 177 Å². The third-order valence-electron chi connectivity index (χ3n) is 15.2. The van der Waals surface area contributed by atoms with Crippen molar-refractivity contribution >= 4 is 36.1 Å². The molecule has 0 aliphatic heterocycles. The van der Waals surface area contributed by atoms with Crippen LogP contribution in [-0.2, 0) is 9.47 Å². The van der Waals surface area contributed by atoms with Crippen molar-refractivity contribution in [2.45, 2.75) is 192 Å². The van der Waals surface area contributed by atoms with Crippen LogP contribution in [-0.4, -0.2) is 82.6 Å². The molecule has 2 aliphatic rings. The molecule has 2 aromatic rings. The lowest BCUT2D eigenvalue weighted by Crippen LogP contribution is -2.51. The summed E-state index contributed by atoms with van der Waals surface area (Å²) in [6.45, 7) is 29.3. The second-order valence-corrected chi connectivity index (χ2v) is 24.2. The number of urea groups is 2. The van der Waals surface area contributed by atoms with Gasteiger partial charge in [0.15, 0.2) is 0 Å². The quantitative estimate of drug-likeness (QED) is 0.0494. The monoisotopic (exact) mass is 1010 g/mol. The molecular formula is C54H92N10O8. The summed E-state index contributed by atoms with van der Waals surface area (Å²) in [5, 5.41) is 17.4. The van der Waals surface area contributed by atoms with E-state index >= 15 is 0 Å². The van der Waals surface area contributed by atoms with E-state index in [2.05, 4.69) is 128 Å². The van der Waals surface area contributed by atoms with Gasteiger partial charge in [0.25, 0.3) is 11.1 Å². The minimum absolute atomic E-state index is 0.0664. The molecule has 0 radical (unpaired) electrons. The molecule has 2 fully saturated rings. The van der Waals surface area contributed by atoms with Crippen molar-refractivity contribution in [3.05, 3.63) is 44.2 Å². The minimum Gasteiger partial charge on any atom is -0.450 e. The molecule has 406 valence electrons. The molecule has 18 heteroatoms. The summed E-state index contributed by atoms with van der Waals surface area (Å²) in [6, 6.07) is 1.61. The van der Waals surface area contributed by atoms with E-state index in [1.54, 1.807) is 13.8 Å². The summed E-state index contributed by atoms with van der Waals surface area (Å²) in [7, 11) is 0.